The van der Waals surface area contributed by atoms with E-state index in [-0.39, 0.29) is 6.61 Å². The van der Waals surface area contributed by atoms with E-state index in [0.29, 0.717) is 6.42 Å². The number of hydrazone groups is 1. The monoisotopic (exact) mass is 174 g/mol. The highest BCUT2D eigenvalue weighted by Gasteiger charge is 1.98. The second-order valence-corrected chi connectivity index (χ2v) is 2.71. The van der Waals surface area contributed by atoms with E-state index >= 15 is 0 Å². The predicted octanol–water partition coefficient (Wildman–Crippen LogP) is 1.28. The molecule has 0 amide bonds. The van der Waals surface area contributed by atoms with Crippen LogP contribution in [0.4, 0.5) is 0 Å². The molecule has 0 saturated heterocycles. The van der Waals surface area contributed by atoms with Gasteiger partial charge in [-0.2, -0.15) is 10.7 Å². The van der Waals surface area contributed by atoms with Gasteiger partial charge in [0, 0.05) is 12.3 Å². The molecule has 4 heteroatoms. The minimum atomic E-state index is 0.177. The van der Waals surface area contributed by atoms with Gasteiger partial charge in [0.15, 0.2) is 0 Å². The molecule has 3 N–H and O–H groups in total. The van der Waals surface area contributed by atoms with Crippen LogP contribution in [0.3, 0.4) is 0 Å². The third-order valence-electron chi connectivity index (χ3n) is 1.65. The third kappa shape index (κ3) is 6.12. The first kappa shape index (κ1) is 11.4. The first-order chi connectivity index (χ1) is 5.85. The van der Waals surface area contributed by atoms with Crippen molar-refractivity contribution in [3.05, 3.63) is 0 Å². The van der Waals surface area contributed by atoms with E-state index in [1.165, 1.54) is 0 Å². The van der Waals surface area contributed by atoms with Gasteiger partial charge in [-0.25, -0.2) is 0 Å². The molecule has 0 aromatic rings. The van der Waals surface area contributed by atoms with Gasteiger partial charge in [-0.05, 0) is 25.7 Å². The van der Waals surface area contributed by atoms with Gasteiger partial charge in [-0.15, -0.1) is 0 Å². The Bertz CT molecular complexity index is 116. The molecule has 0 saturated carbocycles. The van der Waals surface area contributed by atoms with Crippen molar-refractivity contribution < 1.29 is 10.3 Å². The normalized spacial score (nSPS) is 11.8. The lowest BCUT2D eigenvalue weighted by molar-refractivity contribution is 0.171. The summed E-state index contributed by atoms with van der Waals surface area (Å²) >= 11 is 0. The quantitative estimate of drug-likeness (QED) is 0.402. The number of nitrogens with one attached hydrogen (secondary N) is 1. The van der Waals surface area contributed by atoms with E-state index in [2.05, 4.69) is 12.0 Å². The van der Waals surface area contributed by atoms with Crippen LogP contribution in [-0.2, 0) is 0 Å². The second kappa shape index (κ2) is 8.49. The van der Waals surface area contributed by atoms with Crippen LogP contribution >= 0.6 is 0 Å². The summed E-state index contributed by atoms with van der Waals surface area (Å²) in [4.78, 5) is 0. The van der Waals surface area contributed by atoms with Crippen molar-refractivity contribution in [3.63, 3.8) is 0 Å². The van der Waals surface area contributed by atoms with Crippen LogP contribution in [0.25, 0.3) is 0 Å². The summed E-state index contributed by atoms with van der Waals surface area (Å²) in [6.45, 7) is 2.28. The Morgan fingerprint density at radius 2 is 2.00 bits per heavy atom. The Kier molecular flexibility index (Phi) is 8.05. The molecule has 0 aromatic heterocycles. The Morgan fingerprint density at radius 1 is 1.33 bits per heavy atom. The van der Waals surface area contributed by atoms with E-state index in [0.717, 1.165) is 31.4 Å². The predicted molar refractivity (Wildman–Crippen MR) is 48.2 cm³/mol. The summed E-state index contributed by atoms with van der Waals surface area (Å²) in [5, 5.41) is 20.6. The molecule has 0 heterocycles. The number of hydrogen-bond donors (Lipinski definition) is 3. The molecule has 0 bridgehead atoms. The Balaban J connectivity index is 3.62. The molecule has 0 spiro atoms. The maximum absolute atomic E-state index is 8.57. The van der Waals surface area contributed by atoms with Crippen molar-refractivity contribution in [3.8, 4) is 0 Å². The highest BCUT2D eigenvalue weighted by atomic mass is 16.5. The summed E-state index contributed by atoms with van der Waals surface area (Å²) in [6, 6.07) is 0. The van der Waals surface area contributed by atoms with Gasteiger partial charge in [0.2, 0.25) is 0 Å². The Morgan fingerprint density at radius 3 is 2.50 bits per heavy atom. The number of aliphatic hydroxyl groups is 1. The lowest BCUT2D eigenvalue weighted by Crippen LogP contribution is -2.07. The van der Waals surface area contributed by atoms with Crippen LogP contribution in [-0.4, -0.2) is 22.6 Å². The molecular weight excluding hydrogens is 156 g/mol. The van der Waals surface area contributed by atoms with Crippen LogP contribution in [0.5, 0.6) is 0 Å². The lowest BCUT2D eigenvalue weighted by Gasteiger charge is -2.03. The maximum atomic E-state index is 8.57. The fourth-order valence-electron chi connectivity index (χ4n) is 0.971. The molecule has 72 valence electrons. The van der Waals surface area contributed by atoms with Crippen LogP contribution in [0.15, 0.2) is 5.10 Å². The van der Waals surface area contributed by atoms with Crippen LogP contribution in [0.1, 0.15) is 39.0 Å². The molecule has 0 unspecified atom stereocenters. The second-order valence-electron chi connectivity index (χ2n) is 2.71. The molecule has 0 aromatic carbocycles. The van der Waals surface area contributed by atoms with Gasteiger partial charge in [0.25, 0.3) is 0 Å². The van der Waals surface area contributed by atoms with Gasteiger partial charge in [-0.3, -0.25) is 5.21 Å². The van der Waals surface area contributed by atoms with Crippen molar-refractivity contribution in [2.45, 2.75) is 39.0 Å². The largest absolute Gasteiger partial charge is 0.396 e. The van der Waals surface area contributed by atoms with E-state index in [1.54, 1.807) is 5.59 Å². The summed E-state index contributed by atoms with van der Waals surface area (Å²) < 4.78 is 0. The van der Waals surface area contributed by atoms with Crippen molar-refractivity contribution in [2.75, 3.05) is 6.61 Å². The van der Waals surface area contributed by atoms with Crippen LogP contribution < -0.4 is 5.59 Å². The SMILES string of the molecule is CCCCC(CCCO)=NNO. The van der Waals surface area contributed by atoms with Crippen molar-refractivity contribution in [2.24, 2.45) is 5.10 Å². The Labute approximate surface area is 73.3 Å². The van der Waals surface area contributed by atoms with Crippen LogP contribution in [0.2, 0.25) is 0 Å². The fraction of sp³-hybridized carbons (Fsp3) is 0.875. The van der Waals surface area contributed by atoms with Gasteiger partial charge in [0.05, 0.1) is 0 Å². The molecule has 0 radical (unpaired) electrons. The standard InChI is InChI=1S/C8H18N2O2/c1-2-3-5-8(9-10-12)6-4-7-11/h10-12H,2-7H2,1H3. The van der Waals surface area contributed by atoms with E-state index in [9.17, 15) is 0 Å². The number of aliphatic hydroxyl groups excluding tert-OH is 1. The molecule has 0 aliphatic carbocycles. The number of nitrogens with zero attached hydrogens (tertiary/aromatic N) is 1. The van der Waals surface area contributed by atoms with Crippen molar-refractivity contribution >= 4 is 5.71 Å². The fourth-order valence-corrected chi connectivity index (χ4v) is 0.971. The number of hydrogen-bond acceptors (Lipinski definition) is 4. The molecule has 0 atom stereocenters. The zero-order valence-electron chi connectivity index (χ0n) is 7.58. The van der Waals surface area contributed by atoms with Gasteiger partial charge < -0.3 is 5.11 Å². The van der Waals surface area contributed by atoms with Gasteiger partial charge in [0.1, 0.15) is 0 Å². The zero-order chi connectivity index (χ0) is 9.23. The van der Waals surface area contributed by atoms with Crippen LogP contribution in [0, 0.1) is 0 Å². The van der Waals surface area contributed by atoms with E-state index in [4.69, 9.17) is 10.3 Å². The highest BCUT2D eigenvalue weighted by Crippen LogP contribution is 2.02. The topological polar surface area (TPSA) is 64.9 Å². The third-order valence-corrected chi connectivity index (χ3v) is 1.65. The first-order valence-corrected chi connectivity index (χ1v) is 4.40. The van der Waals surface area contributed by atoms with Gasteiger partial charge in [-0.1, -0.05) is 13.3 Å². The van der Waals surface area contributed by atoms with Crippen molar-refractivity contribution in [1.29, 1.82) is 0 Å². The number of unbranched alkanes of at least 4 members (excludes halogenated alkanes) is 1. The minimum Gasteiger partial charge on any atom is -0.396 e. The molecule has 4 nitrogen and oxygen atoms in total. The molecule has 0 aliphatic heterocycles. The van der Waals surface area contributed by atoms with E-state index in [1.807, 2.05) is 0 Å². The molecule has 0 aliphatic rings. The molecule has 12 heavy (non-hydrogen) atoms. The summed E-state index contributed by atoms with van der Waals surface area (Å²) in [7, 11) is 0. The summed E-state index contributed by atoms with van der Waals surface area (Å²) in [6.07, 6.45) is 4.55. The average Bonchev–Trinajstić information content (AvgIpc) is 2.10. The highest BCUT2D eigenvalue weighted by molar-refractivity contribution is 5.84. The zero-order valence-corrected chi connectivity index (χ0v) is 7.58. The molecular formula is C8H18N2O2. The maximum Gasteiger partial charge on any atom is 0.0434 e. The molecule has 0 fully saturated rings. The first-order valence-electron chi connectivity index (χ1n) is 4.40. The Hall–Kier alpha value is -0.610. The summed E-state index contributed by atoms with van der Waals surface area (Å²) in [5.74, 6) is 0. The van der Waals surface area contributed by atoms with Crippen molar-refractivity contribution in [1.82, 2.24) is 5.59 Å². The van der Waals surface area contributed by atoms with Gasteiger partial charge >= 0.3 is 0 Å². The lowest BCUT2D eigenvalue weighted by atomic mass is 10.1. The summed E-state index contributed by atoms with van der Waals surface area (Å²) in [5.41, 5.74) is 2.72. The minimum absolute atomic E-state index is 0.177. The van der Waals surface area contributed by atoms with E-state index < -0.39 is 0 Å². The number of rotatable bonds is 7. The average molecular weight is 174 g/mol. The molecule has 0 rings (SSSR count). The smallest absolute Gasteiger partial charge is 0.0434 e.